The molecule has 0 amide bonds. The maximum absolute atomic E-state index is 10.5. The number of hydrogen-bond acceptors (Lipinski definition) is 6. The lowest BCUT2D eigenvalue weighted by atomic mass is 10.0. The second kappa shape index (κ2) is 33.2. The van der Waals surface area contributed by atoms with Gasteiger partial charge in [-0.2, -0.15) is 31.6 Å². The molecule has 30 aromatic rings. The minimum Gasteiger partial charge on any atom is -0.309 e. The third-order valence-electron chi connectivity index (χ3n) is 29.6. The van der Waals surface area contributed by atoms with E-state index in [1.165, 1.54) is 10.8 Å². The number of hydrogen-bond donors (Lipinski definition) is 0. The van der Waals surface area contributed by atoms with Gasteiger partial charge in [-0.05, 0) is 212 Å². The third kappa shape index (κ3) is 12.3. The average molecular weight is 1870 g/mol. The smallest absolute Gasteiger partial charge is 0.101 e. The van der Waals surface area contributed by atoms with Crippen LogP contribution in [0.15, 0.2) is 455 Å². The molecule has 0 spiro atoms. The lowest BCUT2D eigenvalue weighted by Crippen LogP contribution is -1.98. The van der Waals surface area contributed by atoms with Crippen LogP contribution < -0.4 is 0 Å². The summed E-state index contributed by atoms with van der Waals surface area (Å²) >= 11 is 0. The van der Waals surface area contributed by atoms with Gasteiger partial charge in [0.05, 0.1) is 169 Å². The van der Waals surface area contributed by atoms with Crippen LogP contribution in [0.25, 0.3) is 247 Å². The highest BCUT2D eigenvalue weighted by Crippen LogP contribution is 2.53. The topological polar surface area (TPSA) is 187 Å². The van der Waals surface area contributed by atoms with Gasteiger partial charge in [-0.3, -0.25) is 0 Å². The molecule has 15 heteroatoms. The highest BCUT2D eigenvalue weighted by molar-refractivity contribution is 6.36. The molecule has 678 valence electrons. The summed E-state index contributed by atoms with van der Waals surface area (Å²) in [5.74, 6) is 0. The number of benzene rings is 21. The highest BCUT2D eigenvalue weighted by Gasteiger charge is 2.32. The van der Waals surface area contributed by atoms with E-state index in [0.717, 1.165) is 237 Å². The Hall–Kier alpha value is -21.2. The van der Waals surface area contributed by atoms with E-state index >= 15 is 0 Å². The largest absolute Gasteiger partial charge is 0.309 e. The molecule has 15 nitrogen and oxygen atoms in total. The number of nitrogens with zero attached hydrogens (tertiary/aromatic N) is 15. The maximum atomic E-state index is 10.5. The molecule has 0 aliphatic heterocycles. The molecule has 0 saturated heterocycles. The maximum Gasteiger partial charge on any atom is 0.101 e. The van der Waals surface area contributed by atoms with Crippen molar-refractivity contribution >= 4 is 196 Å². The van der Waals surface area contributed by atoms with Gasteiger partial charge < -0.3 is 41.1 Å². The summed E-state index contributed by atoms with van der Waals surface area (Å²) in [4.78, 5) is 0. The van der Waals surface area contributed by atoms with Crippen molar-refractivity contribution in [3.63, 3.8) is 0 Å². The zero-order valence-corrected chi connectivity index (χ0v) is 78.5. The molecule has 0 N–H and O–H groups in total. The van der Waals surface area contributed by atoms with Gasteiger partial charge in [0.2, 0.25) is 0 Å². The van der Waals surface area contributed by atoms with Gasteiger partial charge in [-0.25, -0.2) is 0 Å². The zero-order chi connectivity index (χ0) is 97.9. The van der Waals surface area contributed by atoms with Gasteiger partial charge in [-0.15, -0.1) is 0 Å². The highest BCUT2D eigenvalue weighted by atomic mass is 15.1. The summed E-state index contributed by atoms with van der Waals surface area (Å²) in [6.07, 6.45) is 0. The molecule has 0 fully saturated rings. The number of fused-ring (bicyclic) bond motifs is 33. The van der Waals surface area contributed by atoms with Crippen LogP contribution >= 0.6 is 0 Å². The van der Waals surface area contributed by atoms with Crippen molar-refractivity contribution in [1.82, 2.24) is 41.1 Å². The molecule has 30 rings (SSSR count). The SMILES string of the molecule is N#Cc1cccc(-n2c3cccc(C#N)c3c3c2ccc2c4ccc5c(c6ccccc6n5-c5ccccc5)c4n(-c4ccccc4)c23)c1.N#Cc1cccc(-n2c3ccccc3c3c2ccc2c4ccc5c(c6c(C#N)cccc6n5-c5ccccc5)c4n(-c4ccccc4)c23)c1.N#Cc1ccccc1-n1c2c(ccc3c2c2ccccc2n3-c2ccccc2)c2ccc3c(c4c(C#N)cccc4n3-c3ccccc3)c21. The molecular formula is C132H75N15. The van der Waals surface area contributed by atoms with Crippen LogP contribution in [0.3, 0.4) is 0 Å². The van der Waals surface area contributed by atoms with Crippen LogP contribution in [-0.2, 0) is 0 Å². The summed E-state index contributed by atoms with van der Waals surface area (Å²) in [6, 6.07) is 171. The molecule has 147 heavy (non-hydrogen) atoms. The van der Waals surface area contributed by atoms with Crippen molar-refractivity contribution in [3.8, 4) is 87.6 Å². The molecule has 0 unspecified atom stereocenters. The molecule has 0 bridgehead atoms. The Labute approximate surface area is 839 Å². The lowest BCUT2D eigenvalue weighted by molar-refractivity contribution is 1.17. The molecule has 9 aromatic heterocycles. The van der Waals surface area contributed by atoms with Crippen LogP contribution in [0, 0.1) is 68.0 Å². The van der Waals surface area contributed by atoms with E-state index in [1.807, 2.05) is 146 Å². The number of para-hydroxylation sites is 10. The normalized spacial score (nSPS) is 11.6. The fourth-order valence-electron chi connectivity index (χ4n) is 23.9. The molecule has 0 saturated carbocycles. The van der Waals surface area contributed by atoms with Gasteiger partial charge in [0.15, 0.2) is 0 Å². The second-order valence-corrected chi connectivity index (χ2v) is 37.1. The number of aromatic nitrogens is 9. The molecule has 0 radical (unpaired) electrons. The molecule has 0 aliphatic rings. The summed E-state index contributed by atoms with van der Waals surface area (Å²) < 4.78 is 20.8. The molecule has 9 heterocycles. The van der Waals surface area contributed by atoms with Crippen molar-refractivity contribution in [2.24, 2.45) is 0 Å². The van der Waals surface area contributed by atoms with Crippen molar-refractivity contribution in [2.75, 3.05) is 0 Å². The average Bonchev–Trinajstić information content (AvgIpc) is 1.53. The minimum absolute atomic E-state index is 0.578. The quantitative estimate of drug-likeness (QED) is 0.138. The lowest BCUT2D eigenvalue weighted by Gasteiger charge is -2.12. The monoisotopic (exact) mass is 1870 g/mol. The minimum atomic E-state index is 0.578. The molecule has 0 atom stereocenters. The van der Waals surface area contributed by atoms with Gasteiger partial charge in [-0.1, -0.05) is 243 Å². The molecule has 0 aliphatic carbocycles. The fraction of sp³-hybridized carbons (Fsp3) is 0. The van der Waals surface area contributed by atoms with E-state index in [0.29, 0.717) is 33.4 Å². The van der Waals surface area contributed by atoms with E-state index < -0.39 is 0 Å². The second-order valence-electron chi connectivity index (χ2n) is 37.1. The number of rotatable bonds is 9. The summed E-state index contributed by atoms with van der Waals surface area (Å²) in [5.41, 5.74) is 31.5. The van der Waals surface area contributed by atoms with Gasteiger partial charge in [0, 0.05) is 142 Å². The standard InChI is InChI=1S/3C44H25N5/c45-26-28-12-7-9-19-35(28)49-43-32(22-24-38-41(43)34-18-8-10-20-36(34)47(38)30-14-3-1-4-15-30)33-23-25-39-42(44(33)49)40-29(27-46)13-11-21-37(40)48(39)31-16-5-2-6-17-31;45-26-28-11-9-17-32(25-28)48-36-19-8-7-18-35(36)41-38(48)23-21-33-34-22-24-39-42(44(34)49(43(33)41)31-15-5-2-6-16-31)40-29(27-46)12-10-20-37(40)47(39)30-13-3-1-4-14-30;45-26-28-11-9-17-32(25-28)48-37-20-10-12-29(27-46)40(37)42-39(48)24-22-34-33-21-23-38-41(43(33)49(44(34)42)31-15-5-2-6-16-31)35-18-7-8-19-36(35)47(38)30-13-3-1-4-14-30/h3*1-25H. The Bertz CT molecular complexity index is 11100. The Kier molecular flexibility index (Phi) is 19.0. The Balaban J connectivity index is 0.000000107. The summed E-state index contributed by atoms with van der Waals surface area (Å²) in [5, 5.41) is 80.9. The Morgan fingerprint density at radius 1 is 0.129 bits per heavy atom. The van der Waals surface area contributed by atoms with Crippen LogP contribution in [0.1, 0.15) is 33.4 Å². The van der Waals surface area contributed by atoms with E-state index in [1.54, 1.807) is 0 Å². The zero-order valence-electron chi connectivity index (χ0n) is 78.5. The predicted octanol–water partition coefficient (Wildman–Crippen LogP) is 32.2. The Morgan fingerprint density at radius 3 is 0.653 bits per heavy atom. The Morgan fingerprint density at radius 2 is 0.340 bits per heavy atom. The molecular weight excluding hydrogens is 1800 g/mol. The first-order valence-corrected chi connectivity index (χ1v) is 48.7. The van der Waals surface area contributed by atoms with Crippen molar-refractivity contribution < 1.29 is 0 Å². The van der Waals surface area contributed by atoms with E-state index in [9.17, 15) is 31.6 Å². The van der Waals surface area contributed by atoms with Gasteiger partial charge in [0.1, 0.15) is 6.07 Å². The summed E-state index contributed by atoms with van der Waals surface area (Å²) in [7, 11) is 0. The van der Waals surface area contributed by atoms with E-state index in [-0.39, 0.29) is 0 Å². The van der Waals surface area contributed by atoms with Crippen LogP contribution in [0.4, 0.5) is 0 Å². The predicted molar refractivity (Wildman–Crippen MR) is 597 cm³/mol. The van der Waals surface area contributed by atoms with E-state index in [2.05, 4.69) is 387 Å². The number of nitriles is 6. The summed E-state index contributed by atoms with van der Waals surface area (Å²) in [6.45, 7) is 0. The van der Waals surface area contributed by atoms with Crippen LogP contribution in [0.2, 0.25) is 0 Å². The van der Waals surface area contributed by atoms with Crippen molar-refractivity contribution in [1.29, 1.82) is 31.6 Å². The first-order valence-electron chi connectivity index (χ1n) is 48.7. The van der Waals surface area contributed by atoms with Crippen LogP contribution in [0.5, 0.6) is 0 Å². The third-order valence-corrected chi connectivity index (χ3v) is 29.6. The van der Waals surface area contributed by atoms with Crippen molar-refractivity contribution in [3.05, 3.63) is 488 Å². The van der Waals surface area contributed by atoms with Crippen molar-refractivity contribution in [2.45, 2.75) is 0 Å². The van der Waals surface area contributed by atoms with Gasteiger partial charge in [0.25, 0.3) is 0 Å². The first kappa shape index (κ1) is 83.9. The first-order chi connectivity index (χ1) is 72.8. The van der Waals surface area contributed by atoms with E-state index in [4.69, 9.17) is 0 Å². The van der Waals surface area contributed by atoms with Gasteiger partial charge >= 0.3 is 0 Å². The van der Waals surface area contributed by atoms with Crippen LogP contribution in [-0.4, -0.2) is 41.1 Å². The molecule has 21 aromatic carbocycles. The fourth-order valence-corrected chi connectivity index (χ4v) is 23.9.